The molecule has 0 N–H and O–H groups in total. The summed E-state index contributed by atoms with van der Waals surface area (Å²) in [4.78, 5) is 48.7. The summed E-state index contributed by atoms with van der Waals surface area (Å²) in [5, 5.41) is 0.355. The maximum atomic E-state index is 14.2. The van der Waals surface area contributed by atoms with E-state index in [0.29, 0.717) is 75.2 Å². The average molecular weight is 581 g/mol. The topological polar surface area (TPSA) is 103 Å². The second-order valence-corrected chi connectivity index (χ2v) is 10.5. The number of carbonyl (C=O) groups is 2. The minimum absolute atomic E-state index is 0.0367. The van der Waals surface area contributed by atoms with Crippen molar-refractivity contribution in [2.45, 2.75) is 13.5 Å². The summed E-state index contributed by atoms with van der Waals surface area (Å²) in [5.41, 5.74) is 0.981. The molecule has 1 aliphatic heterocycles. The zero-order valence-electron chi connectivity index (χ0n) is 23.1. The SMILES string of the molecule is COc1cc(C(=O)N2CCN(C(=O)c3sc4ncn(Cc5ccccc5F)c(=O)c4c3C)CC2)cc(OC)c1OC. The molecule has 1 saturated heterocycles. The molecule has 0 spiro atoms. The summed E-state index contributed by atoms with van der Waals surface area (Å²) in [6.45, 7) is 3.08. The summed E-state index contributed by atoms with van der Waals surface area (Å²) < 4.78 is 31.6. The minimum atomic E-state index is -0.403. The summed E-state index contributed by atoms with van der Waals surface area (Å²) in [6, 6.07) is 9.47. The van der Waals surface area contributed by atoms with Gasteiger partial charge in [-0.05, 0) is 30.7 Å². The Hall–Kier alpha value is -4.45. The quantitative estimate of drug-likeness (QED) is 0.329. The molecule has 2 amide bonds. The number of thiophene rings is 1. The highest BCUT2D eigenvalue weighted by atomic mass is 32.1. The van der Waals surface area contributed by atoms with Crippen molar-refractivity contribution in [2.75, 3.05) is 47.5 Å². The van der Waals surface area contributed by atoms with Crippen LogP contribution in [-0.4, -0.2) is 78.7 Å². The number of aryl methyl sites for hydroxylation is 1. The Labute approximate surface area is 239 Å². The molecule has 2 aromatic heterocycles. The third kappa shape index (κ3) is 5.22. The number of methoxy groups -OCH3 is 3. The van der Waals surface area contributed by atoms with Gasteiger partial charge in [-0.25, -0.2) is 9.37 Å². The van der Waals surface area contributed by atoms with Crippen LogP contribution >= 0.6 is 11.3 Å². The highest BCUT2D eigenvalue weighted by molar-refractivity contribution is 7.20. The summed E-state index contributed by atoms with van der Waals surface area (Å²) in [7, 11) is 4.47. The Bertz CT molecular complexity index is 1670. The molecule has 41 heavy (non-hydrogen) atoms. The van der Waals surface area contributed by atoms with Gasteiger partial charge >= 0.3 is 0 Å². The molecule has 1 aliphatic rings. The lowest BCUT2D eigenvalue weighted by Crippen LogP contribution is -2.50. The zero-order valence-corrected chi connectivity index (χ0v) is 23.9. The van der Waals surface area contributed by atoms with Crippen molar-refractivity contribution in [1.29, 1.82) is 0 Å². The number of hydrogen-bond donors (Lipinski definition) is 0. The van der Waals surface area contributed by atoms with Gasteiger partial charge in [0.1, 0.15) is 10.6 Å². The molecule has 10 nitrogen and oxygen atoms in total. The van der Waals surface area contributed by atoms with Crippen LogP contribution in [0.1, 0.15) is 31.2 Å². The highest BCUT2D eigenvalue weighted by Gasteiger charge is 2.29. The number of aromatic nitrogens is 2. The summed E-state index contributed by atoms with van der Waals surface area (Å²) in [5.74, 6) is 0.325. The predicted molar refractivity (Wildman–Crippen MR) is 152 cm³/mol. The van der Waals surface area contributed by atoms with Gasteiger partial charge in [-0.3, -0.25) is 19.0 Å². The molecule has 12 heteroatoms. The lowest BCUT2D eigenvalue weighted by Gasteiger charge is -2.34. The molecule has 0 unspecified atom stereocenters. The van der Waals surface area contributed by atoms with Gasteiger partial charge in [-0.2, -0.15) is 0 Å². The van der Waals surface area contributed by atoms with Crippen LogP contribution in [0.3, 0.4) is 0 Å². The smallest absolute Gasteiger partial charge is 0.264 e. The first-order valence-electron chi connectivity index (χ1n) is 12.9. The van der Waals surface area contributed by atoms with E-state index in [2.05, 4.69) is 4.98 Å². The molecule has 5 rings (SSSR count). The van der Waals surface area contributed by atoms with Gasteiger partial charge in [-0.15, -0.1) is 11.3 Å². The van der Waals surface area contributed by atoms with Gasteiger partial charge in [0.15, 0.2) is 11.5 Å². The highest BCUT2D eigenvalue weighted by Crippen LogP contribution is 2.38. The van der Waals surface area contributed by atoms with E-state index in [1.807, 2.05) is 0 Å². The normalized spacial score (nSPS) is 13.4. The van der Waals surface area contributed by atoms with Crippen LogP contribution < -0.4 is 19.8 Å². The Morgan fingerprint density at radius 2 is 1.56 bits per heavy atom. The van der Waals surface area contributed by atoms with Crippen molar-refractivity contribution in [3.63, 3.8) is 0 Å². The van der Waals surface area contributed by atoms with Crippen molar-refractivity contribution in [2.24, 2.45) is 0 Å². The fraction of sp³-hybridized carbons (Fsp3) is 0.310. The van der Waals surface area contributed by atoms with E-state index in [0.717, 1.165) is 11.3 Å². The number of nitrogens with zero attached hydrogens (tertiary/aromatic N) is 4. The number of carbonyl (C=O) groups excluding carboxylic acids is 2. The van der Waals surface area contributed by atoms with Crippen LogP contribution in [0.5, 0.6) is 17.2 Å². The third-order valence-electron chi connectivity index (χ3n) is 7.18. The first-order valence-corrected chi connectivity index (χ1v) is 13.7. The van der Waals surface area contributed by atoms with Gasteiger partial charge in [0.2, 0.25) is 5.75 Å². The fourth-order valence-electron chi connectivity index (χ4n) is 4.93. The molecule has 3 heterocycles. The van der Waals surface area contributed by atoms with E-state index in [-0.39, 0.29) is 23.9 Å². The molecule has 4 aromatic rings. The predicted octanol–water partition coefficient (Wildman–Crippen LogP) is 3.58. The Balaban J connectivity index is 1.32. The van der Waals surface area contributed by atoms with Crippen LogP contribution in [-0.2, 0) is 6.54 Å². The molecule has 2 aromatic carbocycles. The first-order chi connectivity index (χ1) is 19.8. The number of ether oxygens (including phenoxy) is 3. The van der Waals surface area contributed by atoms with Crippen LogP contribution in [0.2, 0.25) is 0 Å². The largest absolute Gasteiger partial charge is 0.493 e. The Morgan fingerprint density at radius 3 is 2.15 bits per heavy atom. The van der Waals surface area contributed by atoms with Gasteiger partial charge < -0.3 is 24.0 Å². The molecule has 0 bridgehead atoms. The molecular formula is C29H29FN4O6S. The molecular weight excluding hydrogens is 551 g/mol. The Morgan fingerprint density at radius 1 is 0.951 bits per heavy atom. The average Bonchev–Trinajstić information content (AvgIpc) is 3.34. The van der Waals surface area contributed by atoms with E-state index in [1.165, 1.54) is 38.3 Å². The standard InChI is InChI=1S/C29H29FN4O6S/c1-17-23-26(31-16-34(28(23)36)15-18-7-5-6-8-20(18)30)41-25(17)29(37)33-11-9-32(10-12-33)27(35)19-13-21(38-2)24(40-4)22(14-19)39-3/h5-8,13-14,16H,9-12,15H2,1-4H3. The van der Waals surface area contributed by atoms with Gasteiger partial charge in [-0.1, -0.05) is 18.2 Å². The van der Waals surface area contributed by atoms with Crippen molar-refractivity contribution in [1.82, 2.24) is 19.4 Å². The summed E-state index contributed by atoms with van der Waals surface area (Å²) >= 11 is 1.16. The second kappa shape index (κ2) is 11.6. The number of fused-ring (bicyclic) bond motifs is 1. The lowest BCUT2D eigenvalue weighted by molar-refractivity contribution is 0.0537. The summed E-state index contributed by atoms with van der Waals surface area (Å²) in [6.07, 6.45) is 1.38. The molecule has 0 saturated carbocycles. The third-order valence-corrected chi connectivity index (χ3v) is 8.36. The Kier molecular flexibility index (Phi) is 7.93. The second-order valence-electron chi connectivity index (χ2n) is 9.50. The number of halogens is 1. The molecule has 0 atom stereocenters. The minimum Gasteiger partial charge on any atom is -0.493 e. The van der Waals surface area contributed by atoms with Crippen LogP contribution in [0, 0.1) is 12.7 Å². The number of piperazine rings is 1. The van der Waals surface area contributed by atoms with E-state index in [1.54, 1.807) is 47.1 Å². The van der Waals surface area contributed by atoms with Crippen LogP contribution in [0.15, 0.2) is 47.5 Å². The van der Waals surface area contributed by atoms with Crippen molar-refractivity contribution in [3.05, 3.63) is 80.5 Å². The van der Waals surface area contributed by atoms with E-state index in [9.17, 15) is 18.8 Å². The number of benzene rings is 2. The van der Waals surface area contributed by atoms with E-state index >= 15 is 0 Å². The first kappa shape index (κ1) is 28.1. The van der Waals surface area contributed by atoms with Gasteiger partial charge in [0, 0.05) is 37.3 Å². The molecule has 0 radical (unpaired) electrons. The van der Waals surface area contributed by atoms with E-state index in [4.69, 9.17) is 14.2 Å². The van der Waals surface area contributed by atoms with Crippen LogP contribution in [0.4, 0.5) is 4.39 Å². The molecule has 0 aliphatic carbocycles. The fourth-order valence-corrected chi connectivity index (χ4v) is 6.04. The number of rotatable bonds is 7. The van der Waals surface area contributed by atoms with Gasteiger partial charge in [0.25, 0.3) is 17.4 Å². The lowest BCUT2D eigenvalue weighted by atomic mass is 10.1. The molecule has 214 valence electrons. The van der Waals surface area contributed by atoms with Crippen molar-refractivity contribution in [3.8, 4) is 17.2 Å². The van der Waals surface area contributed by atoms with Crippen LogP contribution in [0.25, 0.3) is 10.2 Å². The monoisotopic (exact) mass is 580 g/mol. The zero-order chi connectivity index (χ0) is 29.3. The van der Waals surface area contributed by atoms with Crippen molar-refractivity contribution < 1.29 is 28.2 Å². The van der Waals surface area contributed by atoms with E-state index < -0.39 is 5.82 Å². The van der Waals surface area contributed by atoms with Gasteiger partial charge in [0.05, 0.1) is 44.5 Å². The number of amides is 2. The maximum Gasteiger partial charge on any atom is 0.264 e. The maximum absolute atomic E-state index is 14.2. The molecule has 1 fully saturated rings. The number of hydrogen-bond acceptors (Lipinski definition) is 8. The van der Waals surface area contributed by atoms with Crippen molar-refractivity contribution >= 4 is 33.4 Å².